The van der Waals surface area contributed by atoms with Gasteiger partial charge in [0.25, 0.3) is 0 Å². The van der Waals surface area contributed by atoms with E-state index in [1.165, 1.54) is 0 Å². The molecule has 1 heterocycles. The van der Waals surface area contributed by atoms with E-state index in [9.17, 15) is 0 Å². The van der Waals surface area contributed by atoms with Crippen LogP contribution in [-0.2, 0) is 0 Å². The number of anilines is 2. The average molecular weight is 279 g/mol. The molecule has 0 aliphatic carbocycles. The van der Waals surface area contributed by atoms with E-state index in [1.54, 1.807) is 0 Å². The summed E-state index contributed by atoms with van der Waals surface area (Å²) in [5, 5.41) is 6.60. The van der Waals surface area contributed by atoms with Gasteiger partial charge in [0.15, 0.2) is 0 Å². The van der Waals surface area contributed by atoms with Gasteiger partial charge in [-0.3, -0.25) is 0 Å². The van der Waals surface area contributed by atoms with Crippen LogP contribution in [0.2, 0.25) is 0 Å². The summed E-state index contributed by atoms with van der Waals surface area (Å²) in [5.41, 5.74) is 1.08. The second-order valence-electron chi connectivity index (χ2n) is 5.26. The Bertz CT molecular complexity index is 413. The molecule has 1 aromatic heterocycles. The third-order valence-electron chi connectivity index (χ3n) is 3.53. The molecule has 2 N–H and O–H groups in total. The minimum atomic E-state index is 0.325. The molecule has 0 aliphatic heterocycles. The largest absolute Gasteiger partial charge is 0.373 e. The molecule has 114 valence electrons. The summed E-state index contributed by atoms with van der Waals surface area (Å²) < 4.78 is 0. The zero-order chi connectivity index (χ0) is 15.1. The predicted molar refractivity (Wildman–Crippen MR) is 86.7 cm³/mol. The molecule has 0 atom stereocenters. The maximum Gasteiger partial charge on any atom is 0.135 e. The summed E-state index contributed by atoms with van der Waals surface area (Å²) in [5.74, 6) is 3.06. The Hall–Kier alpha value is -1.36. The molecule has 0 aliphatic rings. The first-order valence-electron chi connectivity index (χ1n) is 7.55. The number of aromatic nitrogens is 2. The lowest BCUT2D eigenvalue weighted by Crippen LogP contribution is -2.29. The average Bonchev–Trinajstić information content (AvgIpc) is 2.44. The molecule has 0 saturated heterocycles. The van der Waals surface area contributed by atoms with E-state index < -0.39 is 0 Å². The Balaban J connectivity index is 2.80. The van der Waals surface area contributed by atoms with Crippen molar-refractivity contribution < 1.29 is 0 Å². The normalized spacial score (nSPS) is 11.2. The van der Waals surface area contributed by atoms with Crippen LogP contribution in [0.25, 0.3) is 0 Å². The number of likely N-dealkylation sites (N-methyl/N-ethyl adjacent to an activating group) is 1. The second kappa shape index (κ2) is 8.04. The van der Waals surface area contributed by atoms with E-state index in [4.69, 9.17) is 0 Å². The number of hydrogen-bond donors (Lipinski definition) is 2. The molecular formula is C15H29N5. The van der Waals surface area contributed by atoms with Gasteiger partial charge in [-0.05, 0) is 20.0 Å². The van der Waals surface area contributed by atoms with Gasteiger partial charge in [0, 0.05) is 31.6 Å². The summed E-state index contributed by atoms with van der Waals surface area (Å²) in [6.45, 7) is 14.8. The molecule has 5 nitrogen and oxygen atoms in total. The minimum absolute atomic E-state index is 0.325. The Kier molecular flexibility index (Phi) is 6.71. The van der Waals surface area contributed by atoms with Gasteiger partial charge in [0.1, 0.15) is 17.5 Å². The molecule has 0 saturated carbocycles. The van der Waals surface area contributed by atoms with Crippen molar-refractivity contribution >= 4 is 11.6 Å². The SMILES string of the molecule is CCN(CC)CCNc1nc(C(C)C)nc(NC)c1C. The van der Waals surface area contributed by atoms with Crippen molar-refractivity contribution in [1.29, 1.82) is 0 Å². The molecule has 0 radical (unpaired) electrons. The molecule has 0 amide bonds. The molecular weight excluding hydrogens is 250 g/mol. The van der Waals surface area contributed by atoms with Gasteiger partial charge in [-0.25, -0.2) is 9.97 Å². The van der Waals surface area contributed by atoms with E-state index in [0.29, 0.717) is 5.92 Å². The van der Waals surface area contributed by atoms with Crippen LogP contribution in [0.3, 0.4) is 0 Å². The molecule has 0 bridgehead atoms. The van der Waals surface area contributed by atoms with E-state index in [-0.39, 0.29) is 0 Å². The van der Waals surface area contributed by atoms with Gasteiger partial charge in [-0.1, -0.05) is 27.7 Å². The zero-order valence-electron chi connectivity index (χ0n) is 13.7. The van der Waals surface area contributed by atoms with Gasteiger partial charge >= 0.3 is 0 Å². The van der Waals surface area contributed by atoms with Crippen LogP contribution in [0.5, 0.6) is 0 Å². The Morgan fingerprint density at radius 1 is 1.10 bits per heavy atom. The fourth-order valence-corrected chi connectivity index (χ4v) is 2.08. The van der Waals surface area contributed by atoms with Crippen molar-refractivity contribution in [2.24, 2.45) is 0 Å². The van der Waals surface area contributed by atoms with Crippen molar-refractivity contribution in [3.8, 4) is 0 Å². The highest BCUT2D eigenvalue weighted by Gasteiger charge is 2.12. The van der Waals surface area contributed by atoms with E-state index in [2.05, 4.69) is 60.1 Å². The van der Waals surface area contributed by atoms with Gasteiger partial charge in [0.05, 0.1) is 0 Å². The van der Waals surface area contributed by atoms with Crippen molar-refractivity contribution in [3.63, 3.8) is 0 Å². The monoisotopic (exact) mass is 279 g/mol. The lowest BCUT2D eigenvalue weighted by molar-refractivity contribution is 0.316. The van der Waals surface area contributed by atoms with Gasteiger partial charge in [-0.15, -0.1) is 0 Å². The molecule has 0 spiro atoms. The van der Waals surface area contributed by atoms with Crippen LogP contribution in [-0.4, -0.2) is 48.1 Å². The molecule has 5 heteroatoms. The van der Waals surface area contributed by atoms with Crippen molar-refractivity contribution in [3.05, 3.63) is 11.4 Å². The predicted octanol–water partition coefficient (Wildman–Crippen LogP) is 2.70. The fourth-order valence-electron chi connectivity index (χ4n) is 2.08. The summed E-state index contributed by atoms with van der Waals surface area (Å²) in [6, 6.07) is 0. The van der Waals surface area contributed by atoms with E-state index in [0.717, 1.165) is 49.2 Å². The number of hydrogen-bond acceptors (Lipinski definition) is 5. The smallest absolute Gasteiger partial charge is 0.135 e. The van der Waals surface area contributed by atoms with Crippen LogP contribution in [0, 0.1) is 6.92 Å². The molecule has 20 heavy (non-hydrogen) atoms. The highest BCUT2D eigenvalue weighted by atomic mass is 15.1. The quantitative estimate of drug-likeness (QED) is 0.766. The summed E-state index contributed by atoms with van der Waals surface area (Å²) >= 11 is 0. The van der Waals surface area contributed by atoms with Crippen LogP contribution in [0.4, 0.5) is 11.6 Å². The lowest BCUT2D eigenvalue weighted by Gasteiger charge is -2.19. The number of rotatable bonds is 8. The first-order valence-corrected chi connectivity index (χ1v) is 7.55. The molecule has 0 fully saturated rings. The topological polar surface area (TPSA) is 53.1 Å². The first-order chi connectivity index (χ1) is 9.53. The Labute approximate surface area is 123 Å². The zero-order valence-corrected chi connectivity index (χ0v) is 13.7. The fraction of sp³-hybridized carbons (Fsp3) is 0.733. The first kappa shape index (κ1) is 16.7. The Morgan fingerprint density at radius 3 is 2.20 bits per heavy atom. The lowest BCUT2D eigenvalue weighted by atomic mass is 10.2. The van der Waals surface area contributed by atoms with Crippen molar-refractivity contribution in [2.45, 2.75) is 40.5 Å². The summed E-state index contributed by atoms with van der Waals surface area (Å²) in [6.07, 6.45) is 0. The highest BCUT2D eigenvalue weighted by molar-refractivity contribution is 5.57. The number of nitrogens with one attached hydrogen (secondary N) is 2. The van der Waals surface area contributed by atoms with E-state index >= 15 is 0 Å². The molecule has 0 unspecified atom stereocenters. The molecule has 0 aromatic carbocycles. The Morgan fingerprint density at radius 2 is 1.70 bits per heavy atom. The maximum absolute atomic E-state index is 4.65. The number of nitrogens with zero attached hydrogens (tertiary/aromatic N) is 3. The summed E-state index contributed by atoms with van der Waals surface area (Å²) in [4.78, 5) is 11.6. The third-order valence-corrected chi connectivity index (χ3v) is 3.53. The van der Waals surface area contributed by atoms with Crippen LogP contribution in [0.15, 0.2) is 0 Å². The van der Waals surface area contributed by atoms with Crippen molar-refractivity contribution in [1.82, 2.24) is 14.9 Å². The standard InChI is InChI=1S/C15H29N5/c1-7-20(8-2)10-9-17-15-12(5)14(16-6)18-13(19-15)11(3)4/h11H,7-10H2,1-6H3,(H2,16,17,18,19). The minimum Gasteiger partial charge on any atom is -0.373 e. The van der Waals surface area contributed by atoms with Crippen LogP contribution in [0.1, 0.15) is 45.0 Å². The van der Waals surface area contributed by atoms with Gasteiger partial charge in [0.2, 0.25) is 0 Å². The van der Waals surface area contributed by atoms with E-state index in [1.807, 2.05) is 7.05 Å². The highest BCUT2D eigenvalue weighted by Crippen LogP contribution is 2.22. The van der Waals surface area contributed by atoms with Crippen LogP contribution < -0.4 is 10.6 Å². The van der Waals surface area contributed by atoms with Crippen LogP contribution >= 0.6 is 0 Å². The van der Waals surface area contributed by atoms with Gasteiger partial charge in [-0.2, -0.15) is 0 Å². The second-order valence-corrected chi connectivity index (χ2v) is 5.26. The molecule has 1 aromatic rings. The third kappa shape index (κ3) is 4.34. The molecule has 1 rings (SSSR count). The summed E-state index contributed by atoms with van der Waals surface area (Å²) in [7, 11) is 1.90. The maximum atomic E-state index is 4.65. The van der Waals surface area contributed by atoms with Gasteiger partial charge < -0.3 is 15.5 Å². The van der Waals surface area contributed by atoms with Crippen molar-refractivity contribution in [2.75, 3.05) is 43.9 Å².